The molecule has 0 N–H and O–H groups in total. The molecule has 0 aromatic rings. The maximum absolute atomic E-state index is 12.9. The highest BCUT2D eigenvalue weighted by molar-refractivity contribution is 5.71. The molecule has 0 saturated heterocycles. The summed E-state index contributed by atoms with van der Waals surface area (Å²) >= 11 is 0. The Morgan fingerprint density at radius 3 is 0.867 bits per heavy atom. The zero-order valence-corrected chi connectivity index (χ0v) is 49.8. The summed E-state index contributed by atoms with van der Waals surface area (Å²) < 4.78 is 16.9. The molecule has 0 rings (SSSR count). The van der Waals surface area contributed by atoms with Gasteiger partial charge in [-0.1, -0.05) is 299 Å². The molecule has 0 fully saturated rings. The number of rotatable bonds is 59. The molecule has 75 heavy (non-hydrogen) atoms. The van der Waals surface area contributed by atoms with E-state index in [-0.39, 0.29) is 31.1 Å². The lowest BCUT2D eigenvalue weighted by atomic mass is 10.0. The Hall–Kier alpha value is -3.15. The Morgan fingerprint density at radius 1 is 0.280 bits per heavy atom. The highest BCUT2D eigenvalue weighted by Crippen LogP contribution is 2.17. The minimum Gasteiger partial charge on any atom is -0.462 e. The highest BCUT2D eigenvalue weighted by Gasteiger charge is 2.19. The average molecular weight is 1050 g/mol. The first-order chi connectivity index (χ1) is 37.0. The van der Waals surface area contributed by atoms with Crippen LogP contribution in [-0.4, -0.2) is 37.2 Å². The molecule has 1 unspecified atom stereocenters. The van der Waals surface area contributed by atoms with Crippen molar-refractivity contribution in [1.82, 2.24) is 0 Å². The Bertz CT molecular complexity index is 1390. The van der Waals surface area contributed by atoms with Crippen LogP contribution in [0.5, 0.6) is 0 Å². The molecular formula is C69H122O6. The van der Waals surface area contributed by atoms with Crippen molar-refractivity contribution in [3.8, 4) is 0 Å². The third-order valence-electron chi connectivity index (χ3n) is 14.2. The van der Waals surface area contributed by atoms with Gasteiger partial charge in [0, 0.05) is 19.3 Å². The second-order valence-corrected chi connectivity index (χ2v) is 21.6. The fourth-order valence-electron chi connectivity index (χ4n) is 9.34. The lowest BCUT2D eigenvalue weighted by Gasteiger charge is -2.18. The summed E-state index contributed by atoms with van der Waals surface area (Å²) in [5.74, 6) is -0.877. The van der Waals surface area contributed by atoms with Gasteiger partial charge in [0.15, 0.2) is 6.10 Å². The van der Waals surface area contributed by atoms with Gasteiger partial charge in [0.1, 0.15) is 13.2 Å². The maximum atomic E-state index is 12.9. The van der Waals surface area contributed by atoms with Crippen LogP contribution >= 0.6 is 0 Å². The first kappa shape index (κ1) is 71.8. The standard InChI is InChI=1S/C69H122O6/c1-4-7-10-13-16-19-22-24-26-28-30-32-33-34-35-37-38-40-42-44-47-50-53-56-59-62-68(71)74-65-66(64-73-67(70)61-58-55-52-49-46-21-18-15-12-9-6-3)75-69(72)63-60-57-54-51-48-45-43-41-39-36-31-29-27-25-23-20-17-14-11-8-5-2/h7,10,15-16,18-19,24,26,30,32,34-35,66H,4-6,8-9,11-14,17,20-23,25,27-29,31,33,36-65H2,1-3H3/b10-7-,18-15-,19-16-,26-24-,32-30-,35-34-. The Labute approximate surface area is 465 Å². The van der Waals surface area contributed by atoms with Crippen molar-refractivity contribution in [3.05, 3.63) is 72.9 Å². The lowest BCUT2D eigenvalue weighted by molar-refractivity contribution is -0.167. The molecular weight excluding hydrogens is 925 g/mol. The Balaban J connectivity index is 4.26. The summed E-state index contributed by atoms with van der Waals surface area (Å²) in [6.45, 7) is 6.52. The van der Waals surface area contributed by atoms with E-state index in [2.05, 4.69) is 93.7 Å². The van der Waals surface area contributed by atoms with E-state index >= 15 is 0 Å². The van der Waals surface area contributed by atoms with E-state index in [1.54, 1.807) is 0 Å². The van der Waals surface area contributed by atoms with Gasteiger partial charge < -0.3 is 14.2 Å². The number of carbonyl (C=O) groups excluding carboxylic acids is 3. The zero-order valence-electron chi connectivity index (χ0n) is 49.8. The van der Waals surface area contributed by atoms with Gasteiger partial charge in [-0.25, -0.2) is 0 Å². The van der Waals surface area contributed by atoms with Crippen molar-refractivity contribution >= 4 is 17.9 Å². The summed E-state index contributed by atoms with van der Waals surface area (Å²) in [5, 5.41) is 0. The van der Waals surface area contributed by atoms with Gasteiger partial charge in [-0.05, 0) is 83.5 Å². The number of ether oxygens (including phenoxy) is 3. The fraction of sp³-hybridized carbons (Fsp3) is 0.783. The molecule has 0 amide bonds. The lowest BCUT2D eigenvalue weighted by Crippen LogP contribution is -2.30. The molecule has 1 atom stereocenters. The third-order valence-corrected chi connectivity index (χ3v) is 14.2. The van der Waals surface area contributed by atoms with Gasteiger partial charge >= 0.3 is 17.9 Å². The molecule has 0 aliphatic heterocycles. The van der Waals surface area contributed by atoms with Crippen LogP contribution in [0.2, 0.25) is 0 Å². The number of hydrogen-bond donors (Lipinski definition) is 0. The molecule has 0 aliphatic rings. The molecule has 0 saturated carbocycles. The summed E-state index contributed by atoms with van der Waals surface area (Å²) in [4.78, 5) is 38.3. The van der Waals surface area contributed by atoms with Crippen LogP contribution in [0, 0.1) is 0 Å². The number of allylic oxidation sites excluding steroid dienone is 12. The molecule has 0 aliphatic carbocycles. The van der Waals surface area contributed by atoms with E-state index < -0.39 is 6.10 Å². The van der Waals surface area contributed by atoms with Crippen molar-refractivity contribution < 1.29 is 28.6 Å². The maximum Gasteiger partial charge on any atom is 0.306 e. The second-order valence-electron chi connectivity index (χ2n) is 21.6. The van der Waals surface area contributed by atoms with E-state index in [0.29, 0.717) is 19.3 Å². The second kappa shape index (κ2) is 63.4. The van der Waals surface area contributed by atoms with Crippen LogP contribution in [0.1, 0.15) is 329 Å². The van der Waals surface area contributed by atoms with E-state index in [0.717, 1.165) is 103 Å². The van der Waals surface area contributed by atoms with Gasteiger partial charge in [0.2, 0.25) is 0 Å². The Morgan fingerprint density at radius 2 is 0.533 bits per heavy atom. The van der Waals surface area contributed by atoms with Crippen LogP contribution in [0.3, 0.4) is 0 Å². The summed E-state index contributed by atoms with van der Waals surface area (Å²) in [6.07, 6.45) is 82.0. The summed E-state index contributed by atoms with van der Waals surface area (Å²) in [6, 6.07) is 0. The van der Waals surface area contributed by atoms with Gasteiger partial charge in [0.05, 0.1) is 0 Å². The van der Waals surface area contributed by atoms with Crippen molar-refractivity contribution in [2.45, 2.75) is 335 Å². The van der Waals surface area contributed by atoms with Crippen LogP contribution in [0.4, 0.5) is 0 Å². The van der Waals surface area contributed by atoms with Gasteiger partial charge in [0.25, 0.3) is 0 Å². The molecule has 0 spiro atoms. The Kier molecular flexibility index (Phi) is 60.7. The normalized spacial score (nSPS) is 12.5. The molecule has 0 heterocycles. The van der Waals surface area contributed by atoms with Crippen molar-refractivity contribution in [2.75, 3.05) is 13.2 Å². The minimum absolute atomic E-state index is 0.0782. The SMILES string of the molecule is CC/C=C\C/C=C\C/C=C\C/C=C\C/C=C\CCCCCCCCCCCC(=O)OCC(COC(=O)CCCCCCC/C=C\CCCC)OC(=O)CCCCCCCCCCCCCCCCCCCCCCC. The summed E-state index contributed by atoms with van der Waals surface area (Å²) in [5.41, 5.74) is 0. The molecule has 0 radical (unpaired) electrons. The van der Waals surface area contributed by atoms with Crippen LogP contribution in [-0.2, 0) is 28.6 Å². The predicted octanol–water partition coefficient (Wildman–Crippen LogP) is 22.1. The van der Waals surface area contributed by atoms with Crippen molar-refractivity contribution in [2.24, 2.45) is 0 Å². The monoisotopic (exact) mass is 1050 g/mol. The van der Waals surface area contributed by atoms with Crippen LogP contribution < -0.4 is 0 Å². The quantitative estimate of drug-likeness (QED) is 0.0261. The molecule has 6 heteroatoms. The molecule has 434 valence electrons. The van der Waals surface area contributed by atoms with Gasteiger partial charge in [-0.15, -0.1) is 0 Å². The highest BCUT2D eigenvalue weighted by atomic mass is 16.6. The first-order valence-electron chi connectivity index (χ1n) is 32.4. The zero-order chi connectivity index (χ0) is 54.3. The topological polar surface area (TPSA) is 78.9 Å². The molecule has 0 aromatic carbocycles. The average Bonchev–Trinajstić information content (AvgIpc) is 3.41. The van der Waals surface area contributed by atoms with E-state index in [9.17, 15) is 14.4 Å². The smallest absolute Gasteiger partial charge is 0.306 e. The number of hydrogen-bond acceptors (Lipinski definition) is 6. The number of carbonyl (C=O) groups is 3. The van der Waals surface area contributed by atoms with Crippen LogP contribution in [0.25, 0.3) is 0 Å². The van der Waals surface area contributed by atoms with Crippen molar-refractivity contribution in [3.63, 3.8) is 0 Å². The third kappa shape index (κ3) is 61.6. The molecule has 6 nitrogen and oxygen atoms in total. The van der Waals surface area contributed by atoms with Crippen molar-refractivity contribution in [1.29, 1.82) is 0 Å². The van der Waals surface area contributed by atoms with E-state index in [1.165, 1.54) is 186 Å². The fourth-order valence-corrected chi connectivity index (χ4v) is 9.34. The van der Waals surface area contributed by atoms with Gasteiger partial charge in [-0.3, -0.25) is 14.4 Å². The molecule has 0 aromatic heterocycles. The van der Waals surface area contributed by atoms with Gasteiger partial charge in [-0.2, -0.15) is 0 Å². The number of esters is 3. The largest absolute Gasteiger partial charge is 0.462 e. The molecule has 0 bridgehead atoms. The first-order valence-corrected chi connectivity index (χ1v) is 32.4. The van der Waals surface area contributed by atoms with E-state index in [4.69, 9.17) is 14.2 Å². The van der Waals surface area contributed by atoms with E-state index in [1.807, 2.05) is 0 Å². The summed E-state index contributed by atoms with van der Waals surface area (Å²) in [7, 11) is 0. The number of unbranched alkanes of at least 4 members (excludes halogenated alkanes) is 36. The minimum atomic E-state index is -0.780. The van der Waals surface area contributed by atoms with Crippen LogP contribution in [0.15, 0.2) is 72.9 Å². The predicted molar refractivity (Wildman–Crippen MR) is 325 cm³/mol.